The van der Waals surface area contributed by atoms with Crippen LogP contribution in [0.4, 0.5) is 5.69 Å². The van der Waals surface area contributed by atoms with Gasteiger partial charge in [-0.1, -0.05) is 6.08 Å². The lowest BCUT2D eigenvalue weighted by Crippen LogP contribution is -2.14. The zero-order valence-corrected chi connectivity index (χ0v) is 14.3. The van der Waals surface area contributed by atoms with Crippen molar-refractivity contribution in [1.82, 2.24) is 9.88 Å². The highest BCUT2D eigenvalue weighted by molar-refractivity contribution is 9.10. The molecule has 0 aliphatic carbocycles. The fourth-order valence-corrected chi connectivity index (χ4v) is 1.89. The average molecular weight is 340 g/mol. The van der Waals surface area contributed by atoms with Gasteiger partial charge in [-0.2, -0.15) is 0 Å². The summed E-state index contributed by atoms with van der Waals surface area (Å²) in [4.78, 5) is 10.9. The van der Waals surface area contributed by atoms with E-state index in [-0.39, 0.29) is 6.10 Å². The second-order valence-electron chi connectivity index (χ2n) is 4.55. The number of hydrogen-bond acceptors (Lipinski definition) is 3. The molecule has 0 saturated carbocycles. The van der Waals surface area contributed by atoms with E-state index < -0.39 is 0 Å². The molecular formula is C15H22BrN3O. The molecule has 1 aromatic rings. The molecule has 1 heterocycles. The number of pyridine rings is 1. The van der Waals surface area contributed by atoms with Crippen molar-refractivity contribution in [2.24, 2.45) is 4.99 Å². The number of nitrogens with zero attached hydrogens (tertiary/aromatic N) is 3. The fraction of sp³-hybridized carbons (Fsp3) is 0.467. The number of ether oxygens (including phenoxy) is 1. The molecule has 0 radical (unpaired) electrons. The van der Waals surface area contributed by atoms with Crippen molar-refractivity contribution in [2.45, 2.75) is 33.8 Å². The predicted molar refractivity (Wildman–Crippen MR) is 88.0 cm³/mol. The highest BCUT2D eigenvalue weighted by Crippen LogP contribution is 2.30. The lowest BCUT2D eigenvalue weighted by molar-refractivity contribution is 0.256. The zero-order valence-electron chi connectivity index (χ0n) is 12.7. The third-order valence-corrected chi connectivity index (χ3v) is 3.33. The quantitative estimate of drug-likeness (QED) is 0.444. The average Bonchev–Trinajstić information content (AvgIpc) is 2.40. The zero-order chi connectivity index (χ0) is 15.1. The molecule has 0 N–H and O–H groups in total. The minimum absolute atomic E-state index is 0.0104. The predicted octanol–water partition coefficient (Wildman–Crippen LogP) is 4.11. The van der Waals surface area contributed by atoms with E-state index in [0.29, 0.717) is 5.88 Å². The molecule has 4 nitrogen and oxygen atoms in total. The van der Waals surface area contributed by atoms with Gasteiger partial charge in [-0.25, -0.2) is 9.98 Å². The van der Waals surface area contributed by atoms with Crippen molar-refractivity contribution in [2.75, 3.05) is 13.6 Å². The van der Waals surface area contributed by atoms with Crippen LogP contribution in [0.5, 0.6) is 5.88 Å². The Morgan fingerprint density at radius 2 is 2.25 bits per heavy atom. The van der Waals surface area contributed by atoms with Crippen molar-refractivity contribution in [1.29, 1.82) is 0 Å². The van der Waals surface area contributed by atoms with Crippen LogP contribution in [0.3, 0.4) is 0 Å². The van der Waals surface area contributed by atoms with Crippen molar-refractivity contribution in [3.05, 3.63) is 28.4 Å². The smallest absolute Gasteiger partial charge is 0.228 e. The molecule has 1 rings (SSSR count). The van der Waals surface area contributed by atoms with Crippen LogP contribution in [0.2, 0.25) is 0 Å². The molecule has 0 spiro atoms. The van der Waals surface area contributed by atoms with Crippen LogP contribution in [0, 0.1) is 6.92 Å². The first kappa shape index (κ1) is 16.7. The third-order valence-electron chi connectivity index (χ3n) is 2.76. The van der Waals surface area contributed by atoms with Gasteiger partial charge in [0, 0.05) is 13.6 Å². The van der Waals surface area contributed by atoms with Crippen molar-refractivity contribution >= 4 is 28.0 Å². The van der Waals surface area contributed by atoms with E-state index in [1.807, 2.05) is 50.9 Å². The van der Waals surface area contributed by atoms with Gasteiger partial charge >= 0.3 is 0 Å². The van der Waals surface area contributed by atoms with Gasteiger partial charge in [-0.15, -0.1) is 0 Å². The van der Waals surface area contributed by atoms with E-state index in [9.17, 15) is 0 Å². The van der Waals surface area contributed by atoms with E-state index in [1.54, 1.807) is 6.34 Å². The lowest BCUT2D eigenvalue weighted by Gasteiger charge is -2.13. The van der Waals surface area contributed by atoms with Gasteiger partial charge in [0.25, 0.3) is 0 Å². The van der Waals surface area contributed by atoms with Gasteiger partial charge in [0.2, 0.25) is 5.88 Å². The fourth-order valence-electron chi connectivity index (χ4n) is 1.49. The first-order chi connectivity index (χ1) is 9.47. The summed E-state index contributed by atoms with van der Waals surface area (Å²) < 4.78 is 6.57. The van der Waals surface area contributed by atoms with Crippen LogP contribution in [0.15, 0.2) is 27.7 Å². The number of rotatable bonds is 6. The van der Waals surface area contributed by atoms with E-state index in [2.05, 4.69) is 32.8 Å². The molecule has 0 fully saturated rings. The number of aliphatic imine (C=N–C) groups is 1. The van der Waals surface area contributed by atoms with Gasteiger partial charge in [-0.05, 0) is 55.8 Å². The Labute approximate surface area is 129 Å². The summed E-state index contributed by atoms with van der Waals surface area (Å²) in [6.45, 7) is 8.87. The van der Waals surface area contributed by atoms with Crippen LogP contribution in [-0.2, 0) is 0 Å². The number of allylic oxidation sites excluding steroid dienone is 1. The summed E-state index contributed by atoms with van der Waals surface area (Å²) in [5, 5.41) is 0. The maximum Gasteiger partial charge on any atom is 0.228 e. The van der Waals surface area contributed by atoms with Crippen molar-refractivity contribution in [3.63, 3.8) is 0 Å². The third kappa shape index (κ3) is 4.96. The molecule has 20 heavy (non-hydrogen) atoms. The molecule has 1 unspecified atom stereocenters. The first-order valence-electron chi connectivity index (χ1n) is 6.69. The van der Waals surface area contributed by atoms with E-state index in [4.69, 9.17) is 4.74 Å². The van der Waals surface area contributed by atoms with E-state index in [1.165, 1.54) is 0 Å². The minimum atomic E-state index is -0.0104. The summed E-state index contributed by atoms with van der Waals surface area (Å²) >= 11 is 3.49. The Bertz CT molecular complexity index is 500. The van der Waals surface area contributed by atoms with Gasteiger partial charge in [-0.3, -0.25) is 0 Å². The Balaban J connectivity index is 2.94. The lowest BCUT2D eigenvalue weighted by atomic mass is 10.3. The van der Waals surface area contributed by atoms with Crippen molar-refractivity contribution in [3.8, 4) is 5.88 Å². The summed E-state index contributed by atoms with van der Waals surface area (Å²) in [6.07, 6.45) is 5.74. The Kier molecular flexibility index (Phi) is 6.71. The van der Waals surface area contributed by atoms with Gasteiger partial charge in [0.1, 0.15) is 6.10 Å². The maximum atomic E-state index is 5.76. The van der Waals surface area contributed by atoms with Crippen LogP contribution in [0.25, 0.3) is 0 Å². The minimum Gasteiger partial charge on any atom is -0.470 e. The molecular weight excluding hydrogens is 318 g/mol. The molecule has 0 amide bonds. The molecule has 110 valence electrons. The number of aryl methyl sites for hydroxylation is 1. The summed E-state index contributed by atoms with van der Waals surface area (Å²) in [6, 6.07) is 1.93. The normalized spacial score (nSPS) is 13.1. The highest BCUT2D eigenvalue weighted by Gasteiger charge is 2.10. The van der Waals surface area contributed by atoms with Crippen LogP contribution in [-0.4, -0.2) is 35.9 Å². The molecule has 0 aliphatic heterocycles. The molecule has 0 bridgehead atoms. The van der Waals surface area contributed by atoms with Crippen LogP contribution < -0.4 is 4.74 Å². The summed E-state index contributed by atoms with van der Waals surface area (Å²) in [5.74, 6) is 0.593. The summed E-state index contributed by atoms with van der Waals surface area (Å²) in [7, 11) is 1.98. The second-order valence-corrected chi connectivity index (χ2v) is 5.40. The van der Waals surface area contributed by atoms with E-state index in [0.717, 1.165) is 22.4 Å². The van der Waals surface area contributed by atoms with Gasteiger partial charge < -0.3 is 9.64 Å². The molecule has 1 aromatic heterocycles. The monoisotopic (exact) mass is 339 g/mol. The molecule has 0 aromatic carbocycles. The SMILES string of the molecule is CC=CC(C)Oc1nc(C)c(N=CN(C)CC)cc1Br. The van der Waals surface area contributed by atoms with Gasteiger partial charge in [0.05, 0.1) is 22.2 Å². The number of halogens is 1. The van der Waals surface area contributed by atoms with Crippen LogP contribution in [0.1, 0.15) is 26.5 Å². The van der Waals surface area contributed by atoms with E-state index >= 15 is 0 Å². The highest BCUT2D eigenvalue weighted by atomic mass is 79.9. The largest absolute Gasteiger partial charge is 0.470 e. The molecule has 0 aliphatic rings. The topological polar surface area (TPSA) is 37.7 Å². The van der Waals surface area contributed by atoms with Crippen LogP contribution >= 0.6 is 15.9 Å². The first-order valence-corrected chi connectivity index (χ1v) is 7.48. The second kappa shape index (κ2) is 8.04. The molecule has 1 atom stereocenters. The molecule has 5 heteroatoms. The van der Waals surface area contributed by atoms with Crippen molar-refractivity contribution < 1.29 is 4.74 Å². The Morgan fingerprint density at radius 3 is 2.85 bits per heavy atom. The summed E-state index contributed by atoms with van der Waals surface area (Å²) in [5.41, 5.74) is 1.68. The number of hydrogen-bond donors (Lipinski definition) is 0. The molecule has 0 saturated heterocycles. The Morgan fingerprint density at radius 1 is 1.55 bits per heavy atom. The van der Waals surface area contributed by atoms with Gasteiger partial charge in [0.15, 0.2) is 0 Å². The Hall–Kier alpha value is -1.36. The number of aromatic nitrogens is 1. The maximum absolute atomic E-state index is 5.76. The standard InChI is InChI=1S/C15H22BrN3O/c1-6-8-11(3)20-15-13(16)9-14(12(4)18-15)17-10-19(5)7-2/h6,8-11H,7H2,1-5H3.